The molecule has 1 aliphatic heterocycles. The average Bonchev–Trinajstić information content (AvgIpc) is 2.66. The predicted octanol–water partition coefficient (Wildman–Crippen LogP) is 0.893. The Labute approximate surface area is 156 Å². The first-order valence-corrected chi connectivity index (χ1v) is 8.70. The lowest BCUT2D eigenvalue weighted by molar-refractivity contribution is -0.140. The summed E-state index contributed by atoms with van der Waals surface area (Å²) < 4.78 is 5.14. The highest BCUT2D eigenvalue weighted by Crippen LogP contribution is 2.23. The number of ether oxygens (including phenoxy) is 1. The van der Waals surface area contributed by atoms with E-state index in [9.17, 15) is 14.4 Å². The van der Waals surface area contributed by atoms with Crippen LogP contribution >= 0.6 is 0 Å². The third-order valence-corrected chi connectivity index (χ3v) is 4.70. The zero-order chi connectivity index (χ0) is 19.6. The number of hydrogen-bond donors (Lipinski definition) is 1. The van der Waals surface area contributed by atoms with Crippen molar-refractivity contribution in [2.45, 2.75) is 26.3 Å². The maximum atomic E-state index is 12.8. The molecular formula is C19H22N4O4. The van der Waals surface area contributed by atoms with E-state index in [1.807, 2.05) is 12.1 Å². The maximum absolute atomic E-state index is 12.8. The number of nitrogens with zero attached hydrogens (tertiary/aromatic N) is 3. The van der Waals surface area contributed by atoms with Crippen LogP contribution in [0.4, 0.5) is 5.69 Å². The molecule has 0 bridgehead atoms. The van der Waals surface area contributed by atoms with Crippen molar-refractivity contribution in [3.63, 3.8) is 0 Å². The van der Waals surface area contributed by atoms with Crippen LogP contribution in [0, 0.1) is 6.92 Å². The van der Waals surface area contributed by atoms with E-state index in [2.05, 4.69) is 9.97 Å². The fourth-order valence-electron chi connectivity index (χ4n) is 3.13. The number of benzene rings is 1. The van der Waals surface area contributed by atoms with Crippen LogP contribution in [0.1, 0.15) is 18.3 Å². The number of nitrogens with one attached hydrogen (secondary N) is 1. The molecule has 8 heteroatoms. The zero-order valence-corrected chi connectivity index (χ0v) is 15.6. The molecule has 1 aromatic carbocycles. The normalized spacial score (nSPS) is 17.1. The molecule has 1 saturated heterocycles. The van der Waals surface area contributed by atoms with Crippen molar-refractivity contribution in [1.82, 2.24) is 14.9 Å². The topological polar surface area (TPSA) is 95.6 Å². The molecule has 142 valence electrons. The van der Waals surface area contributed by atoms with E-state index in [0.29, 0.717) is 30.2 Å². The summed E-state index contributed by atoms with van der Waals surface area (Å²) in [5, 5.41) is 0. The van der Waals surface area contributed by atoms with Gasteiger partial charge in [-0.15, -0.1) is 0 Å². The van der Waals surface area contributed by atoms with Crippen LogP contribution in [0.5, 0.6) is 5.75 Å². The van der Waals surface area contributed by atoms with E-state index in [-0.39, 0.29) is 23.8 Å². The Balaban J connectivity index is 1.71. The summed E-state index contributed by atoms with van der Waals surface area (Å²) in [6, 6.07) is 6.62. The maximum Gasteiger partial charge on any atom is 0.254 e. The Morgan fingerprint density at radius 2 is 1.96 bits per heavy atom. The van der Waals surface area contributed by atoms with Gasteiger partial charge in [0.05, 0.1) is 13.5 Å². The van der Waals surface area contributed by atoms with E-state index in [1.54, 1.807) is 38.0 Å². The van der Waals surface area contributed by atoms with Crippen molar-refractivity contribution in [1.29, 1.82) is 0 Å². The lowest BCUT2D eigenvalue weighted by atomic mass is 10.1. The second-order valence-corrected chi connectivity index (χ2v) is 6.45. The van der Waals surface area contributed by atoms with Crippen molar-refractivity contribution < 1.29 is 14.3 Å². The molecule has 2 heterocycles. The van der Waals surface area contributed by atoms with Crippen LogP contribution in [0.25, 0.3) is 0 Å². The number of piperazine rings is 1. The van der Waals surface area contributed by atoms with Gasteiger partial charge in [0.2, 0.25) is 11.8 Å². The van der Waals surface area contributed by atoms with E-state index in [4.69, 9.17) is 4.74 Å². The van der Waals surface area contributed by atoms with Gasteiger partial charge < -0.3 is 19.5 Å². The number of aryl methyl sites for hydroxylation is 1. The van der Waals surface area contributed by atoms with Gasteiger partial charge in [-0.05, 0) is 38.1 Å². The van der Waals surface area contributed by atoms with Crippen LogP contribution in [-0.2, 0) is 16.0 Å². The fraction of sp³-hybridized carbons (Fsp3) is 0.368. The number of methoxy groups -OCH3 is 1. The number of H-pyrrole nitrogens is 1. The van der Waals surface area contributed by atoms with E-state index in [1.165, 1.54) is 11.1 Å². The van der Waals surface area contributed by atoms with Crippen molar-refractivity contribution in [2.75, 3.05) is 25.1 Å². The highest BCUT2D eigenvalue weighted by molar-refractivity contribution is 6.00. The number of carbonyl (C=O) groups is 2. The van der Waals surface area contributed by atoms with Crippen molar-refractivity contribution >= 4 is 17.5 Å². The second kappa shape index (κ2) is 7.61. The van der Waals surface area contributed by atoms with E-state index < -0.39 is 6.04 Å². The highest BCUT2D eigenvalue weighted by Gasteiger charge is 2.35. The van der Waals surface area contributed by atoms with E-state index >= 15 is 0 Å². The minimum absolute atomic E-state index is 0.0806. The van der Waals surface area contributed by atoms with Gasteiger partial charge in [0.15, 0.2) is 0 Å². The lowest BCUT2D eigenvalue weighted by Crippen LogP contribution is -2.58. The number of carbonyl (C=O) groups excluding carboxylic acids is 2. The first kappa shape index (κ1) is 18.6. The summed E-state index contributed by atoms with van der Waals surface area (Å²) in [6.07, 6.45) is 1.33. The SMILES string of the molecule is COc1ccc(N2CCN(C(=O)Cc3cnc(C)[nH]c3=O)[C@@H](C)C2=O)cc1. The van der Waals surface area contributed by atoms with Crippen molar-refractivity contribution in [3.05, 3.63) is 52.2 Å². The zero-order valence-electron chi connectivity index (χ0n) is 15.6. The second-order valence-electron chi connectivity index (χ2n) is 6.45. The molecule has 1 N–H and O–H groups in total. The molecule has 1 aliphatic rings. The Bertz CT molecular complexity index is 907. The standard InChI is InChI=1S/C19H22N4O4/c1-12-19(26)23(15-4-6-16(27-3)7-5-15)9-8-22(12)17(24)10-14-11-20-13(2)21-18(14)25/h4-7,11-12H,8-10H2,1-3H3,(H,20,21,25)/t12-/m0/s1. The van der Waals surface area contributed by atoms with Crippen molar-refractivity contribution in [3.8, 4) is 5.75 Å². The molecule has 0 unspecified atom stereocenters. The van der Waals surface area contributed by atoms with Crippen LogP contribution in [0.3, 0.4) is 0 Å². The van der Waals surface area contributed by atoms with Gasteiger partial charge in [-0.1, -0.05) is 0 Å². The third-order valence-electron chi connectivity index (χ3n) is 4.70. The Morgan fingerprint density at radius 1 is 1.26 bits per heavy atom. The minimum atomic E-state index is -0.606. The molecule has 27 heavy (non-hydrogen) atoms. The average molecular weight is 370 g/mol. The minimum Gasteiger partial charge on any atom is -0.497 e. The number of hydrogen-bond acceptors (Lipinski definition) is 5. The Hall–Kier alpha value is -3.16. The monoisotopic (exact) mass is 370 g/mol. The molecule has 2 aromatic rings. The molecule has 0 aliphatic carbocycles. The Morgan fingerprint density at radius 3 is 2.59 bits per heavy atom. The molecule has 0 spiro atoms. The molecule has 1 atom stereocenters. The van der Waals surface area contributed by atoms with Gasteiger partial charge in [0.1, 0.15) is 17.6 Å². The largest absolute Gasteiger partial charge is 0.497 e. The van der Waals surface area contributed by atoms with Gasteiger partial charge in [-0.3, -0.25) is 14.4 Å². The first-order valence-electron chi connectivity index (χ1n) is 8.70. The molecular weight excluding hydrogens is 348 g/mol. The molecule has 1 fully saturated rings. The number of anilines is 1. The molecule has 1 aromatic heterocycles. The number of aromatic amines is 1. The summed E-state index contributed by atoms with van der Waals surface area (Å²) in [6.45, 7) is 4.17. The number of rotatable bonds is 4. The molecule has 0 saturated carbocycles. The summed E-state index contributed by atoms with van der Waals surface area (Å²) in [5.74, 6) is 0.787. The smallest absolute Gasteiger partial charge is 0.254 e. The van der Waals surface area contributed by atoms with Crippen molar-refractivity contribution in [2.24, 2.45) is 0 Å². The van der Waals surface area contributed by atoms with E-state index in [0.717, 1.165) is 5.69 Å². The lowest BCUT2D eigenvalue weighted by Gasteiger charge is -2.39. The molecule has 0 radical (unpaired) electrons. The Kier molecular flexibility index (Phi) is 5.25. The molecule has 3 rings (SSSR count). The van der Waals surface area contributed by atoms with Crippen LogP contribution in [0.15, 0.2) is 35.3 Å². The summed E-state index contributed by atoms with van der Waals surface area (Å²) in [7, 11) is 1.58. The summed E-state index contributed by atoms with van der Waals surface area (Å²) >= 11 is 0. The van der Waals surface area contributed by atoms with Gasteiger partial charge in [-0.25, -0.2) is 4.98 Å². The third kappa shape index (κ3) is 3.84. The van der Waals surface area contributed by atoms with Gasteiger partial charge >= 0.3 is 0 Å². The molecule has 8 nitrogen and oxygen atoms in total. The predicted molar refractivity (Wildman–Crippen MR) is 99.8 cm³/mol. The fourth-order valence-corrected chi connectivity index (χ4v) is 3.13. The summed E-state index contributed by atoms with van der Waals surface area (Å²) in [5.41, 5.74) is 0.730. The quantitative estimate of drug-likeness (QED) is 0.862. The summed E-state index contributed by atoms with van der Waals surface area (Å²) in [4.78, 5) is 47.2. The van der Waals surface area contributed by atoms with Gasteiger partial charge in [-0.2, -0.15) is 0 Å². The number of amides is 2. The molecule has 2 amide bonds. The van der Waals surface area contributed by atoms with Crippen LogP contribution in [0.2, 0.25) is 0 Å². The highest BCUT2D eigenvalue weighted by atomic mass is 16.5. The number of aromatic nitrogens is 2. The first-order chi connectivity index (χ1) is 12.9. The van der Waals surface area contributed by atoms with Gasteiger partial charge in [0.25, 0.3) is 5.56 Å². The van der Waals surface area contributed by atoms with Crippen LogP contribution in [-0.4, -0.2) is 52.9 Å². The van der Waals surface area contributed by atoms with Gasteiger partial charge in [0, 0.05) is 30.5 Å². The van der Waals surface area contributed by atoms with Crippen LogP contribution < -0.4 is 15.2 Å².